The Morgan fingerprint density at radius 3 is 2.95 bits per heavy atom. The second-order valence-electron chi connectivity index (χ2n) is 5.09. The topological polar surface area (TPSA) is 67.6 Å². The van der Waals surface area contributed by atoms with Gasteiger partial charge in [0.25, 0.3) is 0 Å². The zero-order valence-corrected chi connectivity index (χ0v) is 12.5. The Balaban J connectivity index is 2.37. The molecule has 0 spiro atoms. The minimum atomic E-state index is -0.480. The predicted octanol–water partition coefficient (Wildman–Crippen LogP) is 1.91. The molecule has 0 aliphatic carbocycles. The van der Waals surface area contributed by atoms with E-state index >= 15 is 0 Å². The summed E-state index contributed by atoms with van der Waals surface area (Å²) in [6.45, 7) is 2.89. The number of nitrogens with one attached hydrogen (secondary N) is 1. The average Bonchev–Trinajstić information content (AvgIpc) is 2.49. The van der Waals surface area contributed by atoms with Gasteiger partial charge in [-0.05, 0) is 26.2 Å². The van der Waals surface area contributed by atoms with Crippen molar-refractivity contribution in [2.24, 2.45) is 0 Å². The fraction of sp³-hybridized carbons (Fsp3) is 0.533. The van der Waals surface area contributed by atoms with Gasteiger partial charge in [0.05, 0.1) is 18.0 Å². The van der Waals surface area contributed by atoms with Gasteiger partial charge in [-0.3, -0.25) is 4.79 Å². The molecule has 1 amide bonds. The first-order valence-corrected chi connectivity index (χ1v) is 7.28. The lowest BCUT2D eigenvalue weighted by Crippen LogP contribution is -2.49. The molecule has 1 aromatic rings. The minimum Gasteiger partial charge on any atom is -0.491 e. The molecule has 116 valence electrons. The predicted molar refractivity (Wildman–Crippen MR) is 81.0 cm³/mol. The van der Waals surface area contributed by atoms with E-state index in [0.29, 0.717) is 18.0 Å². The van der Waals surface area contributed by atoms with Gasteiger partial charge in [0.15, 0.2) is 11.6 Å². The van der Waals surface area contributed by atoms with Crippen LogP contribution in [-0.2, 0) is 4.79 Å². The first-order chi connectivity index (χ1) is 10.1. The van der Waals surface area contributed by atoms with E-state index in [1.54, 1.807) is 20.0 Å². The van der Waals surface area contributed by atoms with Crippen LogP contribution in [-0.4, -0.2) is 32.1 Å². The lowest BCUT2D eigenvalue weighted by atomic mass is 10.00. The molecule has 1 heterocycles. The Morgan fingerprint density at radius 2 is 2.29 bits per heavy atom. The Labute approximate surface area is 124 Å². The lowest BCUT2D eigenvalue weighted by molar-refractivity contribution is -0.122. The van der Waals surface area contributed by atoms with Crippen LogP contribution >= 0.6 is 0 Å². The first-order valence-electron chi connectivity index (χ1n) is 7.28. The molecule has 2 rings (SSSR count). The summed E-state index contributed by atoms with van der Waals surface area (Å²) < 4.78 is 19.1. The van der Waals surface area contributed by atoms with Crippen LogP contribution in [0.15, 0.2) is 12.1 Å². The van der Waals surface area contributed by atoms with Crippen molar-refractivity contribution in [3.8, 4) is 5.75 Å². The number of nitrogens with two attached hydrogens (primary N) is 1. The number of rotatable bonds is 4. The number of benzene rings is 1. The number of amides is 1. The summed E-state index contributed by atoms with van der Waals surface area (Å²) >= 11 is 0. The fourth-order valence-corrected chi connectivity index (χ4v) is 2.73. The third-order valence-electron chi connectivity index (χ3n) is 3.74. The Morgan fingerprint density at radius 1 is 1.52 bits per heavy atom. The van der Waals surface area contributed by atoms with Crippen LogP contribution in [0, 0.1) is 5.82 Å². The summed E-state index contributed by atoms with van der Waals surface area (Å²) in [4.78, 5) is 14.0. The molecule has 1 fully saturated rings. The lowest BCUT2D eigenvalue weighted by Gasteiger charge is -2.37. The van der Waals surface area contributed by atoms with Gasteiger partial charge < -0.3 is 20.7 Å². The molecule has 1 aromatic carbocycles. The molecule has 5 nitrogen and oxygen atoms in total. The number of anilines is 2. The van der Waals surface area contributed by atoms with Crippen LogP contribution in [0.3, 0.4) is 0 Å². The minimum absolute atomic E-state index is 0.0450. The molecule has 0 saturated carbocycles. The molecule has 1 aliphatic heterocycles. The number of halogens is 1. The van der Waals surface area contributed by atoms with Crippen LogP contribution in [0.5, 0.6) is 5.75 Å². The number of likely N-dealkylation sites (N-methyl/N-ethyl adjacent to an activating group) is 1. The normalized spacial score (nSPS) is 18.4. The molecule has 3 N–H and O–H groups in total. The van der Waals surface area contributed by atoms with Crippen LogP contribution < -0.4 is 20.7 Å². The first kappa shape index (κ1) is 15.4. The Hall–Kier alpha value is -1.98. The highest BCUT2D eigenvalue weighted by Gasteiger charge is 2.30. The smallest absolute Gasteiger partial charge is 0.242 e. The number of hydrogen-bond donors (Lipinski definition) is 2. The standard InChI is InChI=1S/C15H22FN3O2/c1-3-21-14-9-13(11(17)8-10(14)16)19-7-5-4-6-12(19)15(20)18-2/h8-9,12H,3-7,17H2,1-2H3,(H,18,20). The van der Waals surface area contributed by atoms with Crippen LogP contribution in [0.2, 0.25) is 0 Å². The molecule has 1 atom stereocenters. The number of carbonyl (C=O) groups is 1. The van der Waals surface area contributed by atoms with Crippen molar-refractivity contribution in [1.29, 1.82) is 0 Å². The van der Waals surface area contributed by atoms with E-state index in [1.807, 2.05) is 4.90 Å². The van der Waals surface area contributed by atoms with Gasteiger partial charge in [0.1, 0.15) is 6.04 Å². The highest BCUT2D eigenvalue weighted by molar-refractivity contribution is 5.87. The maximum Gasteiger partial charge on any atom is 0.242 e. The molecule has 1 aliphatic rings. The van der Waals surface area contributed by atoms with E-state index in [9.17, 15) is 9.18 Å². The van der Waals surface area contributed by atoms with Crippen LogP contribution in [0.25, 0.3) is 0 Å². The summed E-state index contributed by atoms with van der Waals surface area (Å²) in [5.74, 6) is -0.356. The van der Waals surface area contributed by atoms with Crippen molar-refractivity contribution in [1.82, 2.24) is 5.32 Å². The SMILES string of the molecule is CCOc1cc(N2CCCCC2C(=O)NC)c(N)cc1F. The zero-order valence-electron chi connectivity index (χ0n) is 12.5. The largest absolute Gasteiger partial charge is 0.491 e. The highest BCUT2D eigenvalue weighted by atomic mass is 19.1. The number of nitrogens with zero attached hydrogens (tertiary/aromatic N) is 1. The quantitative estimate of drug-likeness (QED) is 0.833. The van der Waals surface area contributed by atoms with E-state index in [4.69, 9.17) is 10.5 Å². The number of nitrogen functional groups attached to an aromatic ring is 1. The van der Waals surface area contributed by atoms with Gasteiger partial charge in [-0.25, -0.2) is 4.39 Å². The van der Waals surface area contributed by atoms with Gasteiger partial charge in [-0.15, -0.1) is 0 Å². The summed E-state index contributed by atoms with van der Waals surface area (Å²) in [6, 6.07) is 2.58. The summed E-state index contributed by atoms with van der Waals surface area (Å²) in [5, 5.41) is 2.68. The van der Waals surface area contributed by atoms with E-state index in [2.05, 4.69) is 5.32 Å². The summed E-state index contributed by atoms with van der Waals surface area (Å²) in [6.07, 6.45) is 2.74. The van der Waals surface area contributed by atoms with Crippen molar-refractivity contribution < 1.29 is 13.9 Å². The zero-order chi connectivity index (χ0) is 15.4. The average molecular weight is 295 g/mol. The van der Waals surface area contributed by atoms with E-state index < -0.39 is 5.82 Å². The Kier molecular flexibility index (Phi) is 4.88. The molecule has 1 unspecified atom stereocenters. The molecule has 6 heteroatoms. The van der Waals surface area contributed by atoms with Gasteiger partial charge >= 0.3 is 0 Å². The maximum absolute atomic E-state index is 13.8. The van der Waals surface area contributed by atoms with Crippen molar-refractivity contribution in [3.63, 3.8) is 0 Å². The second-order valence-corrected chi connectivity index (χ2v) is 5.09. The number of piperidine rings is 1. The van der Waals surface area contributed by atoms with Crippen LogP contribution in [0.1, 0.15) is 26.2 Å². The third-order valence-corrected chi connectivity index (χ3v) is 3.74. The summed E-state index contributed by atoms with van der Waals surface area (Å²) in [5.41, 5.74) is 6.94. The van der Waals surface area contributed by atoms with Gasteiger partial charge in [0, 0.05) is 25.7 Å². The molecule has 0 radical (unpaired) electrons. The monoisotopic (exact) mass is 295 g/mol. The fourth-order valence-electron chi connectivity index (χ4n) is 2.73. The van der Waals surface area contributed by atoms with Gasteiger partial charge in [-0.1, -0.05) is 0 Å². The van der Waals surface area contributed by atoms with E-state index in [0.717, 1.165) is 25.8 Å². The third kappa shape index (κ3) is 3.20. The summed E-state index contributed by atoms with van der Waals surface area (Å²) in [7, 11) is 1.62. The molecular weight excluding hydrogens is 273 g/mol. The molecule has 0 aromatic heterocycles. The second kappa shape index (κ2) is 6.65. The van der Waals surface area contributed by atoms with Crippen molar-refractivity contribution in [2.45, 2.75) is 32.2 Å². The van der Waals surface area contributed by atoms with E-state index in [1.165, 1.54) is 6.07 Å². The van der Waals surface area contributed by atoms with E-state index in [-0.39, 0.29) is 17.7 Å². The van der Waals surface area contributed by atoms with Crippen molar-refractivity contribution in [3.05, 3.63) is 17.9 Å². The number of carbonyl (C=O) groups excluding carboxylic acids is 1. The molecule has 0 bridgehead atoms. The molecule has 21 heavy (non-hydrogen) atoms. The van der Waals surface area contributed by atoms with Gasteiger partial charge in [0.2, 0.25) is 5.91 Å². The number of hydrogen-bond acceptors (Lipinski definition) is 4. The molecular formula is C15H22FN3O2. The van der Waals surface area contributed by atoms with Crippen LogP contribution in [0.4, 0.5) is 15.8 Å². The van der Waals surface area contributed by atoms with Gasteiger partial charge in [-0.2, -0.15) is 0 Å². The highest BCUT2D eigenvalue weighted by Crippen LogP contribution is 2.34. The number of ether oxygens (including phenoxy) is 1. The van der Waals surface area contributed by atoms with Crippen molar-refractivity contribution >= 4 is 17.3 Å². The Bertz CT molecular complexity index is 522. The molecule has 1 saturated heterocycles. The maximum atomic E-state index is 13.8. The van der Waals surface area contributed by atoms with Crippen molar-refractivity contribution in [2.75, 3.05) is 30.8 Å².